The van der Waals surface area contributed by atoms with Gasteiger partial charge in [0.15, 0.2) is 0 Å². The Morgan fingerprint density at radius 2 is 2.25 bits per heavy atom. The van der Waals surface area contributed by atoms with Gasteiger partial charge in [-0.1, -0.05) is 6.92 Å². The minimum atomic E-state index is -0.808. The zero-order valence-corrected chi connectivity index (χ0v) is 9.81. The van der Waals surface area contributed by atoms with Gasteiger partial charge in [0.05, 0.1) is 18.4 Å². The van der Waals surface area contributed by atoms with E-state index in [9.17, 15) is 9.59 Å². The second-order valence-corrected chi connectivity index (χ2v) is 4.32. The van der Waals surface area contributed by atoms with E-state index in [1.165, 1.54) is 0 Å². The van der Waals surface area contributed by atoms with Crippen LogP contribution in [0.3, 0.4) is 0 Å². The summed E-state index contributed by atoms with van der Waals surface area (Å²) in [5.74, 6) is -1.42. The molecular formula is C11H19NO4. The largest absolute Gasteiger partial charge is 0.481 e. The van der Waals surface area contributed by atoms with Gasteiger partial charge in [0.25, 0.3) is 0 Å². The van der Waals surface area contributed by atoms with Crippen LogP contribution < -0.4 is 0 Å². The van der Waals surface area contributed by atoms with Gasteiger partial charge in [-0.05, 0) is 12.8 Å². The summed E-state index contributed by atoms with van der Waals surface area (Å²) in [4.78, 5) is 24.4. The molecule has 1 aliphatic rings. The summed E-state index contributed by atoms with van der Waals surface area (Å²) in [5, 5.41) is 8.92. The monoisotopic (exact) mass is 229 g/mol. The van der Waals surface area contributed by atoms with Crippen molar-refractivity contribution in [1.29, 1.82) is 0 Å². The topological polar surface area (TPSA) is 66.8 Å². The summed E-state index contributed by atoms with van der Waals surface area (Å²) in [6, 6.07) is 0. The first-order valence-corrected chi connectivity index (χ1v) is 5.56. The third kappa shape index (κ3) is 3.20. The number of carboxylic acids is 1. The second kappa shape index (κ2) is 5.84. The molecule has 0 aromatic carbocycles. The van der Waals surface area contributed by atoms with Crippen LogP contribution in [0.15, 0.2) is 0 Å². The summed E-state index contributed by atoms with van der Waals surface area (Å²) in [6.07, 6.45) is 1.43. The Hall–Kier alpha value is -1.10. The second-order valence-electron chi connectivity index (χ2n) is 4.32. The third-order valence-electron chi connectivity index (χ3n) is 2.92. The van der Waals surface area contributed by atoms with Crippen LogP contribution in [0.5, 0.6) is 0 Å². The molecule has 16 heavy (non-hydrogen) atoms. The van der Waals surface area contributed by atoms with Crippen molar-refractivity contribution in [3.63, 3.8) is 0 Å². The number of ether oxygens (including phenoxy) is 1. The van der Waals surface area contributed by atoms with Gasteiger partial charge in [0, 0.05) is 20.2 Å². The SMILES string of the molecule is COCC(C)C(=O)N1CCC[C@H](C(=O)O)C1. The molecule has 0 spiro atoms. The smallest absolute Gasteiger partial charge is 0.308 e. The number of hydrogen-bond donors (Lipinski definition) is 1. The van der Waals surface area contributed by atoms with Gasteiger partial charge >= 0.3 is 5.97 Å². The third-order valence-corrected chi connectivity index (χ3v) is 2.92. The number of hydrogen-bond acceptors (Lipinski definition) is 3. The predicted octanol–water partition coefficient (Wildman–Crippen LogP) is 0.592. The minimum absolute atomic E-state index is 0.00667. The highest BCUT2D eigenvalue weighted by Gasteiger charge is 2.29. The van der Waals surface area contributed by atoms with Crippen LogP contribution in [0.1, 0.15) is 19.8 Å². The average Bonchev–Trinajstić information content (AvgIpc) is 2.28. The van der Waals surface area contributed by atoms with Crippen LogP contribution in [-0.2, 0) is 14.3 Å². The van der Waals surface area contributed by atoms with Crippen molar-refractivity contribution in [3.05, 3.63) is 0 Å². The normalized spacial score (nSPS) is 22.9. The van der Waals surface area contributed by atoms with E-state index >= 15 is 0 Å². The zero-order valence-electron chi connectivity index (χ0n) is 9.81. The Balaban J connectivity index is 2.53. The first-order chi connectivity index (χ1) is 7.56. The molecule has 92 valence electrons. The Kier molecular flexibility index (Phi) is 4.73. The highest BCUT2D eigenvalue weighted by molar-refractivity contribution is 5.80. The maximum atomic E-state index is 11.9. The molecule has 1 rings (SSSR count). The number of likely N-dealkylation sites (tertiary alicyclic amines) is 1. The highest BCUT2D eigenvalue weighted by atomic mass is 16.5. The summed E-state index contributed by atoms with van der Waals surface area (Å²) >= 11 is 0. The fraction of sp³-hybridized carbons (Fsp3) is 0.818. The van der Waals surface area contributed by atoms with Gasteiger partial charge in [0.1, 0.15) is 0 Å². The van der Waals surface area contributed by atoms with E-state index in [0.717, 1.165) is 6.42 Å². The van der Waals surface area contributed by atoms with Crippen molar-refractivity contribution < 1.29 is 19.4 Å². The summed E-state index contributed by atoms with van der Waals surface area (Å²) in [7, 11) is 1.56. The van der Waals surface area contributed by atoms with Crippen molar-refractivity contribution in [2.45, 2.75) is 19.8 Å². The van der Waals surface area contributed by atoms with E-state index in [4.69, 9.17) is 9.84 Å². The van der Waals surface area contributed by atoms with Crippen LogP contribution in [0, 0.1) is 11.8 Å². The molecule has 0 saturated carbocycles. The van der Waals surface area contributed by atoms with Crippen molar-refractivity contribution in [2.75, 3.05) is 26.8 Å². The molecule has 1 N–H and O–H groups in total. The number of amides is 1. The first kappa shape index (κ1) is 13.0. The molecule has 0 aromatic heterocycles. The van der Waals surface area contributed by atoms with E-state index < -0.39 is 11.9 Å². The number of aliphatic carboxylic acids is 1. The molecule has 0 aliphatic carbocycles. The van der Waals surface area contributed by atoms with E-state index in [1.807, 2.05) is 0 Å². The molecule has 0 radical (unpaired) electrons. The lowest BCUT2D eigenvalue weighted by Crippen LogP contribution is -2.45. The number of rotatable bonds is 4. The van der Waals surface area contributed by atoms with Crippen LogP contribution in [0.2, 0.25) is 0 Å². The summed E-state index contributed by atoms with van der Waals surface area (Å²) in [5.41, 5.74) is 0. The van der Waals surface area contributed by atoms with Crippen LogP contribution in [0.4, 0.5) is 0 Å². The molecule has 1 saturated heterocycles. The lowest BCUT2D eigenvalue weighted by Gasteiger charge is -2.32. The molecule has 5 heteroatoms. The molecule has 1 unspecified atom stereocenters. The standard InChI is InChI=1S/C11H19NO4/c1-8(7-16-2)10(13)12-5-3-4-9(6-12)11(14)15/h8-9H,3-7H2,1-2H3,(H,14,15)/t8?,9-/m0/s1. The molecule has 1 heterocycles. The van der Waals surface area contributed by atoms with Crippen LogP contribution >= 0.6 is 0 Å². The Morgan fingerprint density at radius 1 is 1.56 bits per heavy atom. The van der Waals surface area contributed by atoms with Gasteiger partial charge in [-0.15, -0.1) is 0 Å². The fourth-order valence-electron chi connectivity index (χ4n) is 2.01. The van der Waals surface area contributed by atoms with Crippen molar-refractivity contribution in [3.8, 4) is 0 Å². The van der Waals surface area contributed by atoms with Gasteiger partial charge in [-0.2, -0.15) is 0 Å². The fourth-order valence-corrected chi connectivity index (χ4v) is 2.01. The van der Waals surface area contributed by atoms with E-state index in [1.54, 1.807) is 18.9 Å². The van der Waals surface area contributed by atoms with Gasteiger partial charge in [0.2, 0.25) is 5.91 Å². The van der Waals surface area contributed by atoms with Crippen molar-refractivity contribution in [1.82, 2.24) is 4.90 Å². The van der Waals surface area contributed by atoms with Gasteiger partial charge < -0.3 is 14.7 Å². The quantitative estimate of drug-likeness (QED) is 0.766. The molecular weight excluding hydrogens is 210 g/mol. The van der Waals surface area contributed by atoms with Crippen LogP contribution in [-0.4, -0.2) is 48.7 Å². The summed E-state index contributed by atoms with van der Waals surface area (Å²) < 4.78 is 4.93. The minimum Gasteiger partial charge on any atom is -0.481 e. The van der Waals surface area contributed by atoms with Crippen molar-refractivity contribution >= 4 is 11.9 Å². The van der Waals surface area contributed by atoms with Crippen LogP contribution in [0.25, 0.3) is 0 Å². The average molecular weight is 229 g/mol. The Morgan fingerprint density at radius 3 is 2.81 bits per heavy atom. The predicted molar refractivity (Wildman–Crippen MR) is 58.0 cm³/mol. The van der Waals surface area contributed by atoms with E-state index in [0.29, 0.717) is 26.1 Å². The number of methoxy groups -OCH3 is 1. The molecule has 1 amide bonds. The van der Waals surface area contributed by atoms with Gasteiger partial charge in [-0.25, -0.2) is 0 Å². The lowest BCUT2D eigenvalue weighted by molar-refractivity contribution is -0.147. The van der Waals surface area contributed by atoms with Gasteiger partial charge in [-0.3, -0.25) is 9.59 Å². The lowest BCUT2D eigenvalue weighted by atomic mass is 9.97. The molecule has 1 aliphatic heterocycles. The zero-order chi connectivity index (χ0) is 12.1. The van der Waals surface area contributed by atoms with E-state index in [-0.39, 0.29) is 11.8 Å². The molecule has 5 nitrogen and oxygen atoms in total. The molecule has 1 fully saturated rings. The highest BCUT2D eigenvalue weighted by Crippen LogP contribution is 2.18. The molecule has 2 atom stereocenters. The van der Waals surface area contributed by atoms with Crippen molar-refractivity contribution in [2.24, 2.45) is 11.8 Å². The number of carbonyl (C=O) groups excluding carboxylic acids is 1. The Bertz CT molecular complexity index is 267. The summed E-state index contributed by atoms with van der Waals surface area (Å²) in [6.45, 7) is 3.18. The number of carbonyl (C=O) groups is 2. The number of nitrogens with zero attached hydrogens (tertiary/aromatic N) is 1. The Labute approximate surface area is 95.4 Å². The van der Waals surface area contributed by atoms with E-state index in [2.05, 4.69) is 0 Å². The molecule has 0 aromatic rings. The maximum absolute atomic E-state index is 11.9. The molecule has 0 bridgehead atoms. The first-order valence-electron chi connectivity index (χ1n) is 5.56. The maximum Gasteiger partial charge on any atom is 0.308 e. The number of carboxylic acid groups (broad SMARTS) is 1. The number of piperidine rings is 1.